The largest absolute Gasteiger partial charge is 0.493 e. The summed E-state index contributed by atoms with van der Waals surface area (Å²) in [6.45, 7) is 0.558. The fraction of sp³-hybridized carbons (Fsp3) is 0.217. The fourth-order valence-corrected chi connectivity index (χ4v) is 3.44. The first-order valence-corrected chi connectivity index (χ1v) is 9.65. The summed E-state index contributed by atoms with van der Waals surface area (Å²) in [5, 5.41) is 12.4. The van der Waals surface area contributed by atoms with Gasteiger partial charge in [0.05, 0.1) is 19.8 Å². The Morgan fingerprint density at radius 3 is 2.68 bits per heavy atom. The highest BCUT2D eigenvalue weighted by Gasteiger charge is 2.20. The molecule has 1 amide bonds. The van der Waals surface area contributed by atoms with Gasteiger partial charge in [-0.2, -0.15) is 5.26 Å². The molecule has 4 rings (SSSR count). The van der Waals surface area contributed by atoms with Gasteiger partial charge in [-0.15, -0.1) is 0 Å². The molecule has 0 fully saturated rings. The number of rotatable bonds is 7. The van der Waals surface area contributed by atoms with E-state index in [1.54, 1.807) is 43.2 Å². The first kappa shape index (κ1) is 20.2. The van der Waals surface area contributed by atoms with E-state index in [2.05, 4.69) is 11.4 Å². The maximum Gasteiger partial charge on any atom is 0.269 e. The average Bonchev–Trinajstić information content (AvgIpc) is 3.45. The molecule has 1 aliphatic heterocycles. The first-order valence-electron chi connectivity index (χ1n) is 9.65. The summed E-state index contributed by atoms with van der Waals surface area (Å²) in [5.41, 5.74) is 2.26. The Balaban J connectivity index is 1.50. The van der Waals surface area contributed by atoms with Crippen LogP contribution in [0.15, 0.2) is 48.7 Å². The Labute approximate surface area is 179 Å². The van der Waals surface area contributed by atoms with Gasteiger partial charge in [0, 0.05) is 24.5 Å². The quantitative estimate of drug-likeness (QED) is 0.633. The van der Waals surface area contributed by atoms with Crippen LogP contribution < -0.4 is 24.3 Å². The smallest absolute Gasteiger partial charge is 0.269 e. The van der Waals surface area contributed by atoms with E-state index in [-0.39, 0.29) is 18.4 Å². The molecule has 0 aliphatic carbocycles. The zero-order chi connectivity index (χ0) is 21.8. The van der Waals surface area contributed by atoms with E-state index in [0.717, 1.165) is 5.56 Å². The molecular weight excluding hydrogens is 398 g/mol. The highest BCUT2D eigenvalue weighted by atomic mass is 16.7. The van der Waals surface area contributed by atoms with Crippen molar-refractivity contribution in [1.29, 1.82) is 5.26 Å². The molecule has 0 saturated carbocycles. The summed E-state index contributed by atoms with van der Waals surface area (Å²) >= 11 is 0. The molecule has 1 N–H and O–H groups in total. The molecule has 3 aromatic rings. The minimum atomic E-state index is -0.334. The number of ether oxygens (including phenoxy) is 4. The average molecular weight is 419 g/mol. The number of methoxy groups -OCH3 is 2. The maximum absolute atomic E-state index is 12.9. The van der Waals surface area contributed by atoms with Crippen molar-refractivity contribution in [3.05, 3.63) is 65.5 Å². The summed E-state index contributed by atoms with van der Waals surface area (Å²) in [4.78, 5) is 12.9. The molecule has 0 unspecified atom stereocenters. The summed E-state index contributed by atoms with van der Waals surface area (Å²) in [6.07, 6.45) is 2.29. The number of nitrogens with one attached hydrogen (secondary N) is 1. The topological polar surface area (TPSA) is 94.7 Å². The third-order valence-corrected chi connectivity index (χ3v) is 5.00. The van der Waals surface area contributed by atoms with Gasteiger partial charge in [0.15, 0.2) is 23.0 Å². The van der Waals surface area contributed by atoms with Crippen LogP contribution >= 0.6 is 0 Å². The second-order valence-electron chi connectivity index (χ2n) is 6.79. The summed E-state index contributed by atoms with van der Waals surface area (Å²) in [6, 6.07) is 14.7. The van der Waals surface area contributed by atoms with Crippen LogP contribution in [0.4, 0.5) is 0 Å². The number of benzene rings is 2. The second kappa shape index (κ2) is 8.71. The van der Waals surface area contributed by atoms with Gasteiger partial charge in [0.25, 0.3) is 5.91 Å². The van der Waals surface area contributed by atoms with Gasteiger partial charge < -0.3 is 28.8 Å². The molecule has 0 radical (unpaired) electrons. The molecular formula is C23H21N3O5. The number of fused-ring (bicyclic) bond motifs is 1. The van der Waals surface area contributed by atoms with Gasteiger partial charge in [0.2, 0.25) is 6.79 Å². The number of carbonyl (C=O) groups excluding carboxylic acids is 1. The van der Waals surface area contributed by atoms with Gasteiger partial charge in [-0.1, -0.05) is 6.07 Å². The molecule has 8 heteroatoms. The Bertz CT molecular complexity index is 1160. The van der Waals surface area contributed by atoms with Gasteiger partial charge in [-0.25, -0.2) is 0 Å². The van der Waals surface area contributed by atoms with Crippen molar-refractivity contribution >= 4 is 5.91 Å². The van der Waals surface area contributed by atoms with Crippen molar-refractivity contribution in [3.8, 4) is 34.8 Å². The standard InChI is InChI=1S/C23H21N3O5/c1-28-18-5-3-15(11-20(18)29-2)7-9-25-23(27)22-16(13-24)8-10-26(22)17-4-6-19-21(12-17)31-14-30-19/h3-6,8,10-12H,7,9,14H2,1-2H3,(H,25,27). The second-order valence-corrected chi connectivity index (χ2v) is 6.79. The van der Waals surface area contributed by atoms with Gasteiger partial charge in [-0.3, -0.25) is 4.79 Å². The van der Waals surface area contributed by atoms with Gasteiger partial charge in [0.1, 0.15) is 11.8 Å². The summed E-state index contributed by atoms with van der Waals surface area (Å²) < 4.78 is 23.0. The zero-order valence-electron chi connectivity index (χ0n) is 17.2. The molecule has 0 spiro atoms. The molecule has 1 aromatic heterocycles. The number of hydrogen-bond acceptors (Lipinski definition) is 6. The first-order chi connectivity index (χ1) is 15.1. The third kappa shape index (κ3) is 3.98. The van der Waals surface area contributed by atoms with Crippen molar-refractivity contribution in [2.24, 2.45) is 0 Å². The molecule has 1 aliphatic rings. The number of nitrogens with zero attached hydrogens (tertiary/aromatic N) is 2. The fourth-order valence-electron chi connectivity index (χ4n) is 3.44. The van der Waals surface area contributed by atoms with Gasteiger partial charge in [-0.05, 0) is 42.3 Å². The molecule has 0 bridgehead atoms. The minimum Gasteiger partial charge on any atom is -0.493 e. The molecule has 8 nitrogen and oxygen atoms in total. The number of nitriles is 1. The predicted octanol–water partition coefficient (Wildman–Crippen LogP) is 3.07. The van der Waals surface area contributed by atoms with Crippen molar-refractivity contribution in [2.45, 2.75) is 6.42 Å². The SMILES string of the molecule is COc1ccc(CCNC(=O)c2c(C#N)ccn2-c2ccc3c(c2)OCO3)cc1OC. The lowest BCUT2D eigenvalue weighted by Crippen LogP contribution is -2.28. The van der Waals surface area contributed by atoms with Crippen LogP contribution in [0.1, 0.15) is 21.6 Å². The van der Waals surface area contributed by atoms with E-state index in [1.165, 1.54) is 0 Å². The van der Waals surface area contributed by atoms with E-state index in [4.69, 9.17) is 18.9 Å². The lowest BCUT2D eigenvalue weighted by molar-refractivity contribution is 0.0947. The number of carbonyl (C=O) groups is 1. The van der Waals surface area contributed by atoms with E-state index < -0.39 is 0 Å². The lowest BCUT2D eigenvalue weighted by Gasteiger charge is -2.12. The van der Waals surface area contributed by atoms with Crippen LogP contribution in [-0.2, 0) is 6.42 Å². The highest BCUT2D eigenvalue weighted by Crippen LogP contribution is 2.34. The molecule has 0 saturated heterocycles. The van der Waals surface area contributed by atoms with E-state index in [1.807, 2.05) is 24.3 Å². The number of hydrogen-bond donors (Lipinski definition) is 1. The van der Waals surface area contributed by atoms with Gasteiger partial charge >= 0.3 is 0 Å². The predicted molar refractivity (Wildman–Crippen MR) is 112 cm³/mol. The number of aromatic nitrogens is 1. The molecule has 31 heavy (non-hydrogen) atoms. The van der Waals surface area contributed by atoms with Crippen LogP contribution in [-0.4, -0.2) is 38.0 Å². The molecule has 0 atom stereocenters. The Hall–Kier alpha value is -4.12. The molecule has 158 valence electrons. The Morgan fingerprint density at radius 2 is 1.90 bits per heavy atom. The van der Waals surface area contributed by atoms with E-state index in [0.29, 0.717) is 47.2 Å². The van der Waals surface area contributed by atoms with Crippen LogP contribution in [0, 0.1) is 11.3 Å². The lowest BCUT2D eigenvalue weighted by atomic mass is 10.1. The number of amides is 1. The van der Waals surface area contributed by atoms with Crippen molar-refractivity contribution < 1.29 is 23.7 Å². The maximum atomic E-state index is 12.9. The summed E-state index contributed by atoms with van der Waals surface area (Å²) in [5.74, 6) is 2.20. The normalized spacial score (nSPS) is 11.6. The van der Waals surface area contributed by atoms with E-state index >= 15 is 0 Å². The minimum absolute atomic E-state index is 0.164. The van der Waals surface area contributed by atoms with Crippen molar-refractivity contribution in [2.75, 3.05) is 27.6 Å². The monoisotopic (exact) mass is 419 g/mol. The van der Waals surface area contributed by atoms with Crippen LogP contribution in [0.2, 0.25) is 0 Å². The van der Waals surface area contributed by atoms with Crippen molar-refractivity contribution in [1.82, 2.24) is 9.88 Å². The van der Waals surface area contributed by atoms with Crippen LogP contribution in [0.5, 0.6) is 23.0 Å². The van der Waals surface area contributed by atoms with E-state index in [9.17, 15) is 10.1 Å². The van der Waals surface area contributed by atoms with Crippen molar-refractivity contribution in [3.63, 3.8) is 0 Å². The highest BCUT2D eigenvalue weighted by molar-refractivity contribution is 5.96. The zero-order valence-corrected chi connectivity index (χ0v) is 17.2. The summed E-state index contributed by atoms with van der Waals surface area (Å²) in [7, 11) is 3.16. The third-order valence-electron chi connectivity index (χ3n) is 5.00. The van der Waals surface area contributed by atoms with Crippen LogP contribution in [0.25, 0.3) is 5.69 Å². The Morgan fingerprint density at radius 1 is 1.10 bits per heavy atom. The molecule has 2 heterocycles. The van der Waals surface area contributed by atoms with Crippen LogP contribution in [0.3, 0.4) is 0 Å². The molecule has 2 aromatic carbocycles. The Kier molecular flexibility index (Phi) is 5.67.